The summed E-state index contributed by atoms with van der Waals surface area (Å²) in [5.74, 6) is 0.918. The van der Waals surface area contributed by atoms with Gasteiger partial charge in [0.1, 0.15) is 16.0 Å². The van der Waals surface area contributed by atoms with Crippen molar-refractivity contribution in [3.63, 3.8) is 0 Å². The molecule has 0 spiro atoms. The van der Waals surface area contributed by atoms with Crippen molar-refractivity contribution in [3.05, 3.63) is 61.6 Å². The van der Waals surface area contributed by atoms with Crippen molar-refractivity contribution in [2.45, 2.75) is 6.54 Å². The Morgan fingerprint density at radius 2 is 2.10 bits per heavy atom. The molecule has 0 aliphatic carbocycles. The van der Waals surface area contributed by atoms with Crippen molar-refractivity contribution in [2.75, 3.05) is 7.05 Å². The van der Waals surface area contributed by atoms with E-state index in [1.807, 2.05) is 13.1 Å². The van der Waals surface area contributed by atoms with Crippen molar-refractivity contribution in [1.29, 1.82) is 0 Å². The fourth-order valence-corrected chi connectivity index (χ4v) is 2.45. The van der Waals surface area contributed by atoms with Gasteiger partial charge in [-0.2, -0.15) is 0 Å². The first-order chi connectivity index (χ1) is 10.0. The molecule has 0 fully saturated rings. The molecular weight excluding hydrogens is 360 g/mol. The van der Waals surface area contributed by atoms with Gasteiger partial charge in [0.15, 0.2) is 0 Å². The van der Waals surface area contributed by atoms with E-state index < -0.39 is 4.92 Å². The highest BCUT2D eigenvalue weighted by Crippen LogP contribution is 2.38. The summed E-state index contributed by atoms with van der Waals surface area (Å²) in [4.78, 5) is 10.5. The van der Waals surface area contributed by atoms with Crippen LogP contribution in [0.2, 0.25) is 5.02 Å². The summed E-state index contributed by atoms with van der Waals surface area (Å²) >= 11 is 9.19. The predicted octanol–water partition coefficient (Wildman–Crippen LogP) is 4.52. The molecular formula is C14H12BrClN2O3. The van der Waals surface area contributed by atoms with Crippen LogP contribution in [0.5, 0.6) is 11.5 Å². The zero-order valence-electron chi connectivity index (χ0n) is 11.1. The summed E-state index contributed by atoms with van der Waals surface area (Å²) in [6, 6.07) is 9.92. The molecule has 0 aliphatic heterocycles. The first-order valence-corrected chi connectivity index (χ1v) is 7.24. The van der Waals surface area contributed by atoms with Gasteiger partial charge in [-0.25, -0.2) is 0 Å². The van der Waals surface area contributed by atoms with E-state index in [1.165, 1.54) is 6.07 Å². The second kappa shape index (κ2) is 6.89. The average Bonchev–Trinajstić information content (AvgIpc) is 2.44. The molecule has 0 atom stereocenters. The van der Waals surface area contributed by atoms with Crippen LogP contribution in [-0.4, -0.2) is 12.0 Å². The summed E-state index contributed by atoms with van der Waals surface area (Å²) in [5.41, 5.74) is 0.852. The van der Waals surface area contributed by atoms with Crippen molar-refractivity contribution >= 4 is 33.2 Å². The highest BCUT2D eigenvalue weighted by molar-refractivity contribution is 9.10. The number of nitrogens with zero attached hydrogens (tertiary/aromatic N) is 1. The van der Waals surface area contributed by atoms with Gasteiger partial charge in [0.2, 0.25) is 0 Å². The molecule has 2 aromatic rings. The minimum atomic E-state index is -0.469. The molecule has 0 heterocycles. The molecule has 0 unspecified atom stereocenters. The third-order valence-electron chi connectivity index (χ3n) is 2.76. The van der Waals surface area contributed by atoms with E-state index in [1.54, 1.807) is 24.3 Å². The van der Waals surface area contributed by atoms with Crippen LogP contribution in [0, 0.1) is 10.1 Å². The fraction of sp³-hybridized carbons (Fsp3) is 0.143. The van der Waals surface area contributed by atoms with Gasteiger partial charge < -0.3 is 10.1 Å². The Labute approximate surface area is 135 Å². The smallest absolute Gasteiger partial charge is 0.287 e. The van der Waals surface area contributed by atoms with Crippen LogP contribution in [0.3, 0.4) is 0 Å². The summed E-state index contributed by atoms with van der Waals surface area (Å²) in [5, 5.41) is 14.5. The molecule has 2 rings (SSSR count). The molecule has 0 saturated carbocycles. The standard InChI is InChI=1S/C14H12BrClN2O3/c1-17-8-9-5-6-10(16)7-13(9)21-12-4-2-3-11(14(12)15)18(19)20/h2-7,17H,8H2,1H3. The predicted molar refractivity (Wildman–Crippen MR) is 85.1 cm³/mol. The molecule has 7 heteroatoms. The van der Waals surface area contributed by atoms with Gasteiger partial charge in [0, 0.05) is 23.2 Å². The maximum absolute atomic E-state index is 10.9. The minimum absolute atomic E-state index is 0.0512. The van der Waals surface area contributed by atoms with Crippen LogP contribution in [0.4, 0.5) is 5.69 Å². The lowest BCUT2D eigenvalue weighted by atomic mass is 10.2. The third kappa shape index (κ3) is 3.72. The minimum Gasteiger partial charge on any atom is -0.456 e. The molecule has 0 saturated heterocycles. The fourth-order valence-electron chi connectivity index (χ4n) is 1.80. The van der Waals surface area contributed by atoms with Crippen molar-refractivity contribution < 1.29 is 9.66 Å². The van der Waals surface area contributed by atoms with E-state index >= 15 is 0 Å². The molecule has 110 valence electrons. The molecule has 0 amide bonds. The first-order valence-electron chi connectivity index (χ1n) is 6.06. The lowest BCUT2D eigenvalue weighted by Crippen LogP contribution is -2.06. The first kappa shape index (κ1) is 15.8. The van der Waals surface area contributed by atoms with Gasteiger partial charge in [0.05, 0.1) is 4.92 Å². The highest BCUT2D eigenvalue weighted by atomic mass is 79.9. The van der Waals surface area contributed by atoms with Crippen molar-refractivity contribution in [2.24, 2.45) is 0 Å². The summed E-state index contributed by atoms with van der Waals surface area (Å²) in [6.45, 7) is 0.596. The van der Waals surface area contributed by atoms with Crippen LogP contribution < -0.4 is 10.1 Å². The summed E-state index contributed by atoms with van der Waals surface area (Å²) in [7, 11) is 1.82. The topological polar surface area (TPSA) is 64.4 Å². The normalized spacial score (nSPS) is 10.4. The van der Waals surface area contributed by atoms with E-state index in [0.29, 0.717) is 27.5 Å². The van der Waals surface area contributed by atoms with E-state index in [-0.39, 0.29) is 5.69 Å². The van der Waals surface area contributed by atoms with Gasteiger partial charge in [-0.3, -0.25) is 10.1 Å². The monoisotopic (exact) mass is 370 g/mol. The lowest BCUT2D eigenvalue weighted by molar-refractivity contribution is -0.385. The number of halogens is 2. The van der Waals surface area contributed by atoms with E-state index in [2.05, 4.69) is 21.2 Å². The summed E-state index contributed by atoms with van der Waals surface area (Å²) in [6.07, 6.45) is 0. The number of benzene rings is 2. The van der Waals surface area contributed by atoms with E-state index in [9.17, 15) is 10.1 Å². The quantitative estimate of drug-likeness (QED) is 0.620. The average molecular weight is 372 g/mol. The van der Waals surface area contributed by atoms with Gasteiger partial charge in [-0.05, 0) is 41.2 Å². The molecule has 0 bridgehead atoms. The van der Waals surface area contributed by atoms with Crippen LogP contribution in [-0.2, 0) is 6.54 Å². The van der Waals surface area contributed by atoms with Crippen molar-refractivity contribution in [1.82, 2.24) is 5.32 Å². The second-order valence-electron chi connectivity index (χ2n) is 4.23. The number of nitrogens with one attached hydrogen (secondary N) is 1. The SMILES string of the molecule is CNCc1ccc(Cl)cc1Oc1cccc([N+](=O)[O-])c1Br. The molecule has 0 radical (unpaired) electrons. The maximum atomic E-state index is 10.9. The molecule has 0 aromatic heterocycles. The molecule has 1 N–H and O–H groups in total. The Morgan fingerprint density at radius 3 is 2.76 bits per heavy atom. The maximum Gasteiger partial charge on any atom is 0.287 e. The zero-order valence-corrected chi connectivity index (χ0v) is 13.4. The Balaban J connectivity index is 2.40. The Bertz CT molecular complexity index is 679. The van der Waals surface area contributed by atoms with Gasteiger partial charge in [-0.1, -0.05) is 23.7 Å². The Morgan fingerprint density at radius 1 is 1.33 bits per heavy atom. The summed E-state index contributed by atoms with van der Waals surface area (Å²) < 4.78 is 6.09. The zero-order chi connectivity index (χ0) is 15.4. The van der Waals surface area contributed by atoms with Crippen LogP contribution in [0.1, 0.15) is 5.56 Å². The Kier molecular flexibility index (Phi) is 5.17. The largest absolute Gasteiger partial charge is 0.456 e. The van der Waals surface area contributed by atoms with Gasteiger partial charge in [-0.15, -0.1) is 0 Å². The van der Waals surface area contributed by atoms with Gasteiger partial charge >= 0.3 is 0 Å². The highest BCUT2D eigenvalue weighted by Gasteiger charge is 2.17. The molecule has 5 nitrogen and oxygen atoms in total. The molecule has 21 heavy (non-hydrogen) atoms. The number of hydrogen-bond acceptors (Lipinski definition) is 4. The number of rotatable bonds is 5. The Hall–Kier alpha value is -1.63. The molecule has 0 aliphatic rings. The van der Waals surface area contributed by atoms with Crippen LogP contribution in [0.25, 0.3) is 0 Å². The third-order valence-corrected chi connectivity index (χ3v) is 3.79. The second-order valence-corrected chi connectivity index (χ2v) is 5.46. The van der Waals surface area contributed by atoms with Crippen LogP contribution in [0.15, 0.2) is 40.9 Å². The van der Waals surface area contributed by atoms with E-state index in [0.717, 1.165) is 5.56 Å². The number of ether oxygens (including phenoxy) is 1. The number of hydrogen-bond donors (Lipinski definition) is 1. The van der Waals surface area contributed by atoms with Gasteiger partial charge in [0.25, 0.3) is 5.69 Å². The lowest BCUT2D eigenvalue weighted by Gasteiger charge is -2.12. The molecule has 2 aromatic carbocycles. The van der Waals surface area contributed by atoms with E-state index in [4.69, 9.17) is 16.3 Å². The van der Waals surface area contributed by atoms with Crippen molar-refractivity contribution in [3.8, 4) is 11.5 Å². The number of nitro groups is 1. The van der Waals surface area contributed by atoms with Crippen LogP contribution >= 0.6 is 27.5 Å². The number of nitro benzene ring substituents is 1.